The number of hydrogen-bond acceptors (Lipinski definition) is 2. The normalized spacial score (nSPS) is 11.4. The summed E-state index contributed by atoms with van der Waals surface area (Å²) in [6.45, 7) is 5.07. The third-order valence-electron chi connectivity index (χ3n) is 4.10. The van der Waals surface area contributed by atoms with E-state index >= 15 is 0 Å². The fraction of sp³-hybridized carbons (Fsp3) is 0.368. The molecular formula is C19H23N3O. The van der Waals surface area contributed by atoms with Gasteiger partial charge in [-0.3, -0.25) is 9.78 Å². The quantitative estimate of drug-likeness (QED) is 0.727. The topological polar surface area (TPSA) is 57.8 Å². The van der Waals surface area contributed by atoms with Crippen LogP contribution in [0.15, 0.2) is 36.5 Å². The number of H-pyrrole nitrogens is 1. The monoisotopic (exact) mass is 309 g/mol. The maximum absolute atomic E-state index is 11.9. The summed E-state index contributed by atoms with van der Waals surface area (Å²) in [5.41, 5.74) is 3.12. The summed E-state index contributed by atoms with van der Waals surface area (Å²) in [6, 6.07) is 10.3. The smallest absolute Gasteiger partial charge is 0.220 e. The fourth-order valence-electron chi connectivity index (χ4n) is 2.76. The van der Waals surface area contributed by atoms with Crippen molar-refractivity contribution in [3.05, 3.63) is 42.2 Å². The van der Waals surface area contributed by atoms with E-state index in [0.29, 0.717) is 18.8 Å². The molecule has 23 heavy (non-hydrogen) atoms. The Labute approximate surface area is 136 Å². The molecule has 0 atom stereocenters. The van der Waals surface area contributed by atoms with Gasteiger partial charge in [0.25, 0.3) is 0 Å². The number of rotatable bonds is 6. The first-order valence-corrected chi connectivity index (χ1v) is 8.25. The highest BCUT2D eigenvalue weighted by Gasteiger charge is 2.07. The number of fused-ring (bicyclic) bond motifs is 3. The van der Waals surface area contributed by atoms with Crippen molar-refractivity contribution < 1.29 is 4.79 Å². The minimum absolute atomic E-state index is 0.103. The Bertz CT molecular complexity index is 820. The third kappa shape index (κ3) is 3.70. The van der Waals surface area contributed by atoms with Gasteiger partial charge in [0.1, 0.15) is 0 Å². The molecule has 4 heteroatoms. The molecule has 3 rings (SSSR count). The Balaban J connectivity index is 1.66. The molecule has 0 aliphatic carbocycles. The molecule has 3 aromatic rings. The van der Waals surface area contributed by atoms with E-state index in [-0.39, 0.29) is 5.91 Å². The largest absolute Gasteiger partial charge is 0.356 e. The number of benzene rings is 1. The maximum Gasteiger partial charge on any atom is 0.220 e. The number of pyridine rings is 1. The molecule has 0 unspecified atom stereocenters. The van der Waals surface area contributed by atoms with Crippen LogP contribution < -0.4 is 5.32 Å². The van der Waals surface area contributed by atoms with E-state index in [1.165, 1.54) is 10.8 Å². The van der Waals surface area contributed by atoms with Crippen LogP contribution in [-0.4, -0.2) is 22.4 Å². The van der Waals surface area contributed by atoms with Crippen molar-refractivity contribution in [3.63, 3.8) is 0 Å². The van der Waals surface area contributed by atoms with Crippen LogP contribution in [-0.2, 0) is 11.2 Å². The summed E-state index contributed by atoms with van der Waals surface area (Å²) < 4.78 is 0. The van der Waals surface area contributed by atoms with Gasteiger partial charge < -0.3 is 10.3 Å². The molecule has 0 bridgehead atoms. The molecule has 4 nitrogen and oxygen atoms in total. The van der Waals surface area contributed by atoms with E-state index in [1.54, 1.807) is 0 Å². The average molecular weight is 309 g/mol. The molecular weight excluding hydrogens is 286 g/mol. The number of carbonyl (C=O) groups is 1. The zero-order valence-corrected chi connectivity index (χ0v) is 13.7. The number of carbonyl (C=O) groups excluding carboxylic acids is 1. The van der Waals surface area contributed by atoms with Gasteiger partial charge in [-0.25, -0.2) is 0 Å². The van der Waals surface area contributed by atoms with Crippen molar-refractivity contribution in [3.8, 4) is 0 Å². The van der Waals surface area contributed by atoms with Gasteiger partial charge in [-0.15, -0.1) is 0 Å². The molecule has 0 radical (unpaired) electrons. The predicted molar refractivity (Wildman–Crippen MR) is 94.4 cm³/mol. The van der Waals surface area contributed by atoms with E-state index in [4.69, 9.17) is 0 Å². The Morgan fingerprint density at radius 2 is 2.04 bits per heavy atom. The molecule has 0 fully saturated rings. The molecule has 1 amide bonds. The van der Waals surface area contributed by atoms with Crippen molar-refractivity contribution in [2.45, 2.75) is 33.1 Å². The summed E-state index contributed by atoms with van der Waals surface area (Å²) in [5, 5.41) is 5.35. The second-order valence-electron chi connectivity index (χ2n) is 6.42. The van der Waals surface area contributed by atoms with E-state index in [1.807, 2.05) is 18.3 Å². The Hall–Kier alpha value is -2.36. The molecule has 1 aromatic carbocycles. The standard InChI is InChI=1S/C19H23N3O/c1-13(2)9-10-20-19(23)8-7-14-11-16-15-5-3-4-6-17(15)22-18(16)12-21-14/h3-6,11-13,22H,7-10H2,1-2H3,(H,20,23). The Morgan fingerprint density at radius 3 is 2.87 bits per heavy atom. The Kier molecular flexibility index (Phi) is 4.60. The number of aromatic amines is 1. The van der Waals surface area contributed by atoms with Crippen molar-refractivity contribution >= 4 is 27.7 Å². The Morgan fingerprint density at radius 1 is 1.22 bits per heavy atom. The van der Waals surface area contributed by atoms with E-state index < -0.39 is 0 Å². The summed E-state index contributed by atoms with van der Waals surface area (Å²) in [7, 11) is 0. The summed E-state index contributed by atoms with van der Waals surface area (Å²) >= 11 is 0. The van der Waals surface area contributed by atoms with Crippen molar-refractivity contribution in [1.82, 2.24) is 15.3 Å². The van der Waals surface area contributed by atoms with Crippen molar-refractivity contribution in [2.75, 3.05) is 6.54 Å². The van der Waals surface area contributed by atoms with Gasteiger partial charge in [0.15, 0.2) is 0 Å². The van der Waals surface area contributed by atoms with Crippen LogP contribution in [0.4, 0.5) is 0 Å². The van der Waals surface area contributed by atoms with E-state index in [9.17, 15) is 4.79 Å². The SMILES string of the molecule is CC(C)CCNC(=O)CCc1cc2c(cn1)[nH]c1ccccc12. The van der Waals surface area contributed by atoms with Crippen LogP contribution in [0.5, 0.6) is 0 Å². The minimum atomic E-state index is 0.103. The molecule has 120 valence electrons. The summed E-state index contributed by atoms with van der Waals surface area (Å²) in [5.74, 6) is 0.715. The highest BCUT2D eigenvalue weighted by atomic mass is 16.1. The van der Waals surface area contributed by atoms with Crippen LogP contribution >= 0.6 is 0 Å². The van der Waals surface area contributed by atoms with Gasteiger partial charge in [-0.05, 0) is 30.9 Å². The molecule has 0 aliphatic heterocycles. The van der Waals surface area contributed by atoms with E-state index in [2.05, 4.69) is 47.3 Å². The maximum atomic E-state index is 11.9. The first-order valence-electron chi connectivity index (χ1n) is 8.25. The number of nitrogens with zero attached hydrogens (tertiary/aromatic N) is 1. The van der Waals surface area contributed by atoms with Gasteiger partial charge in [0.2, 0.25) is 5.91 Å². The van der Waals surface area contributed by atoms with E-state index in [0.717, 1.165) is 29.7 Å². The molecule has 2 heterocycles. The van der Waals surface area contributed by atoms with Crippen LogP contribution in [0.25, 0.3) is 21.8 Å². The number of aromatic nitrogens is 2. The zero-order valence-electron chi connectivity index (χ0n) is 13.7. The second-order valence-corrected chi connectivity index (χ2v) is 6.42. The first kappa shape index (κ1) is 15.5. The van der Waals surface area contributed by atoms with Crippen LogP contribution in [0, 0.1) is 5.92 Å². The third-order valence-corrected chi connectivity index (χ3v) is 4.10. The van der Waals surface area contributed by atoms with Gasteiger partial charge in [-0.1, -0.05) is 32.0 Å². The molecule has 2 N–H and O–H groups in total. The molecule has 0 aliphatic rings. The lowest BCUT2D eigenvalue weighted by molar-refractivity contribution is -0.121. The lowest BCUT2D eigenvalue weighted by Gasteiger charge is -2.07. The van der Waals surface area contributed by atoms with Crippen molar-refractivity contribution in [2.24, 2.45) is 5.92 Å². The van der Waals surface area contributed by atoms with Crippen molar-refractivity contribution in [1.29, 1.82) is 0 Å². The molecule has 0 saturated heterocycles. The number of nitrogens with one attached hydrogen (secondary N) is 2. The van der Waals surface area contributed by atoms with Crippen LogP contribution in [0.1, 0.15) is 32.4 Å². The molecule has 0 spiro atoms. The van der Waals surface area contributed by atoms with Gasteiger partial charge >= 0.3 is 0 Å². The lowest BCUT2D eigenvalue weighted by atomic mass is 10.1. The predicted octanol–water partition coefficient (Wildman–Crippen LogP) is 3.81. The van der Waals surface area contributed by atoms with Gasteiger partial charge in [0, 0.05) is 34.9 Å². The lowest BCUT2D eigenvalue weighted by Crippen LogP contribution is -2.25. The number of para-hydroxylation sites is 1. The van der Waals surface area contributed by atoms with Crippen LogP contribution in [0.3, 0.4) is 0 Å². The number of amides is 1. The fourth-order valence-corrected chi connectivity index (χ4v) is 2.76. The van der Waals surface area contributed by atoms with Crippen LogP contribution in [0.2, 0.25) is 0 Å². The summed E-state index contributed by atoms with van der Waals surface area (Å²) in [6.07, 6.45) is 4.04. The molecule has 2 aromatic heterocycles. The molecule has 0 saturated carbocycles. The second kappa shape index (κ2) is 6.82. The average Bonchev–Trinajstić information content (AvgIpc) is 2.90. The minimum Gasteiger partial charge on any atom is -0.356 e. The highest BCUT2D eigenvalue weighted by molar-refractivity contribution is 6.06. The zero-order chi connectivity index (χ0) is 16.2. The first-order chi connectivity index (χ1) is 11.1. The number of hydrogen-bond donors (Lipinski definition) is 2. The van der Waals surface area contributed by atoms with Gasteiger partial charge in [-0.2, -0.15) is 0 Å². The number of aryl methyl sites for hydroxylation is 1. The highest BCUT2D eigenvalue weighted by Crippen LogP contribution is 2.25. The van der Waals surface area contributed by atoms with Gasteiger partial charge in [0.05, 0.1) is 11.7 Å². The summed E-state index contributed by atoms with van der Waals surface area (Å²) in [4.78, 5) is 19.7.